The van der Waals surface area contributed by atoms with Crippen LogP contribution in [0.2, 0.25) is 0 Å². The molecule has 0 saturated carbocycles. The van der Waals surface area contributed by atoms with Crippen LogP contribution >= 0.6 is 11.3 Å². The maximum absolute atomic E-state index is 12.3. The molecule has 21 heavy (non-hydrogen) atoms. The summed E-state index contributed by atoms with van der Waals surface area (Å²) >= 11 is 1.72. The zero-order valence-electron chi connectivity index (χ0n) is 11.7. The predicted octanol–water partition coefficient (Wildman–Crippen LogP) is 2.29. The second-order valence-electron chi connectivity index (χ2n) is 4.89. The van der Waals surface area contributed by atoms with Gasteiger partial charge in [0.05, 0.1) is 18.1 Å². The molecule has 0 aliphatic carbocycles. The first-order chi connectivity index (χ1) is 10.3. The largest absolute Gasteiger partial charge is 0.315 e. The fourth-order valence-corrected chi connectivity index (χ4v) is 2.97. The number of fused-ring (bicyclic) bond motifs is 1. The summed E-state index contributed by atoms with van der Waals surface area (Å²) < 4.78 is 1.53. The van der Waals surface area contributed by atoms with Gasteiger partial charge in [-0.1, -0.05) is 18.2 Å². The molecule has 2 aromatic heterocycles. The van der Waals surface area contributed by atoms with Gasteiger partial charge < -0.3 is 5.32 Å². The Balaban J connectivity index is 1.56. The lowest BCUT2D eigenvalue weighted by atomic mass is 10.2. The van der Waals surface area contributed by atoms with Crippen LogP contribution in [0.5, 0.6) is 0 Å². The third-order valence-corrected chi connectivity index (χ3v) is 4.16. The van der Waals surface area contributed by atoms with E-state index in [0.29, 0.717) is 6.54 Å². The summed E-state index contributed by atoms with van der Waals surface area (Å²) in [4.78, 5) is 12.3. The molecule has 3 aromatic rings. The molecule has 0 radical (unpaired) electrons. The van der Waals surface area contributed by atoms with Crippen LogP contribution in [-0.4, -0.2) is 22.9 Å². The number of benzene rings is 1. The zero-order chi connectivity index (χ0) is 14.5. The molecule has 0 aliphatic heterocycles. The van der Waals surface area contributed by atoms with Crippen molar-refractivity contribution in [3.8, 4) is 0 Å². The minimum atomic E-state index is -0.0206. The smallest absolute Gasteiger partial charge is 0.274 e. The molecule has 0 amide bonds. The first-order valence-corrected chi connectivity index (χ1v) is 7.95. The molecule has 2 heterocycles. The molecule has 0 unspecified atom stereocenters. The van der Waals surface area contributed by atoms with Gasteiger partial charge in [-0.15, -0.1) is 0 Å². The summed E-state index contributed by atoms with van der Waals surface area (Å²) in [5.41, 5.74) is 1.33. The topological polar surface area (TPSA) is 46.9 Å². The Bertz CT molecular complexity index is 765. The molecular formula is C16H17N3OS. The highest BCUT2D eigenvalue weighted by Crippen LogP contribution is 2.06. The summed E-state index contributed by atoms with van der Waals surface area (Å²) in [6.07, 6.45) is 2.77. The van der Waals surface area contributed by atoms with Crippen LogP contribution in [0, 0.1) is 0 Å². The van der Waals surface area contributed by atoms with Crippen molar-refractivity contribution in [1.29, 1.82) is 0 Å². The van der Waals surface area contributed by atoms with E-state index < -0.39 is 0 Å². The van der Waals surface area contributed by atoms with Crippen LogP contribution in [0.4, 0.5) is 0 Å². The molecule has 4 nitrogen and oxygen atoms in total. The molecule has 0 aliphatic rings. The van der Waals surface area contributed by atoms with Gasteiger partial charge in [-0.3, -0.25) is 4.79 Å². The van der Waals surface area contributed by atoms with Crippen LogP contribution in [0.1, 0.15) is 5.56 Å². The van der Waals surface area contributed by atoms with E-state index in [4.69, 9.17) is 0 Å². The van der Waals surface area contributed by atoms with E-state index in [2.05, 4.69) is 27.2 Å². The number of hydrogen-bond donors (Lipinski definition) is 1. The summed E-state index contributed by atoms with van der Waals surface area (Å²) in [7, 11) is 0. The van der Waals surface area contributed by atoms with Gasteiger partial charge in [-0.2, -0.15) is 16.4 Å². The molecule has 0 bridgehead atoms. The van der Waals surface area contributed by atoms with Gasteiger partial charge in [-0.25, -0.2) is 4.68 Å². The summed E-state index contributed by atoms with van der Waals surface area (Å²) in [6, 6.07) is 9.70. The van der Waals surface area contributed by atoms with Gasteiger partial charge in [0.2, 0.25) is 0 Å². The molecular weight excluding hydrogens is 282 g/mol. The third-order valence-electron chi connectivity index (χ3n) is 3.43. The van der Waals surface area contributed by atoms with Gasteiger partial charge in [0.1, 0.15) is 0 Å². The van der Waals surface area contributed by atoms with E-state index >= 15 is 0 Å². The maximum Gasteiger partial charge on any atom is 0.274 e. The van der Waals surface area contributed by atoms with Gasteiger partial charge >= 0.3 is 0 Å². The van der Waals surface area contributed by atoms with Gasteiger partial charge in [0, 0.05) is 11.9 Å². The van der Waals surface area contributed by atoms with Crippen molar-refractivity contribution in [3.63, 3.8) is 0 Å². The molecule has 1 aromatic carbocycles. The lowest BCUT2D eigenvalue weighted by molar-refractivity contribution is 0.537. The number of nitrogens with zero attached hydrogens (tertiary/aromatic N) is 2. The second-order valence-corrected chi connectivity index (χ2v) is 5.67. The average molecular weight is 299 g/mol. The molecule has 1 N–H and O–H groups in total. The fourth-order valence-electron chi connectivity index (χ4n) is 2.26. The van der Waals surface area contributed by atoms with Crippen molar-refractivity contribution in [3.05, 3.63) is 63.2 Å². The lowest BCUT2D eigenvalue weighted by Crippen LogP contribution is -2.29. The Morgan fingerprint density at radius 2 is 2.10 bits per heavy atom. The van der Waals surface area contributed by atoms with E-state index in [1.807, 2.05) is 24.3 Å². The van der Waals surface area contributed by atoms with Crippen molar-refractivity contribution in [1.82, 2.24) is 15.1 Å². The zero-order valence-corrected chi connectivity index (χ0v) is 12.5. The van der Waals surface area contributed by atoms with Crippen molar-refractivity contribution in [2.75, 3.05) is 13.1 Å². The van der Waals surface area contributed by atoms with Crippen molar-refractivity contribution < 1.29 is 0 Å². The van der Waals surface area contributed by atoms with Crippen molar-refractivity contribution in [2.24, 2.45) is 0 Å². The Morgan fingerprint density at radius 3 is 2.95 bits per heavy atom. The van der Waals surface area contributed by atoms with Gasteiger partial charge in [-0.05, 0) is 41.4 Å². The minimum absolute atomic E-state index is 0.0206. The first kappa shape index (κ1) is 14.0. The Kier molecular flexibility index (Phi) is 4.43. The monoisotopic (exact) mass is 299 g/mol. The number of aromatic nitrogens is 2. The number of thiophene rings is 1. The summed E-state index contributed by atoms with van der Waals surface area (Å²) in [5, 5.41) is 13.4. The highest BCUT2D eigenvalue weighted by atomic mass is 32.1. The molecule has 3 rings (SSSR count). The highest BCUT2D eigenvalue weighted by Gasteiger charge is 2.02. The van der Waals surface area contributed by atoms with Crippen LogP contribution in [0.25, 0.3) is 10.8 Å². The van der Waals surface area contributed by atoms with Gasteiger partial charge in [0.25, 0.3) is 5.56 Å². The molecule has 0 atom stereocenters. The second kappa shape index (κ2) is 6.65. The van der Waals surface area contributed by atoms with Crippen molar-refractivity contribution in [2.45, 2.75) is 13.0 Å². The quantitative estimate of drug-likeness (QED) is 0.710. The summed E-state index contributed by atoms with van der Waals surface area (Å²) in [6.45, 7) is 2.25. The molecule has 108 valence electrons. The number of rotatable bonds is 6. The fraction of sp³-hybridized carbons (Fsp3) is 0.250. The van der Waals surface area contributed by atoms with E-state index in [0.717, 1.165) is 30.3 Å². The predicted molar refractivity (Wildman–Crippen MR) is 86.9 cm³/mol. The van der Waals surface area contributed by atoms with E-state index in [-0.39, 0.29) is 5.56 Å². The Morgan fingerprint density at radius 1 is 1.19 bits per heavy atom. The third kappa shape index (κ3) is 3.37. The molecule has 0 fully saturated rings. The average Bonchev–Trinajstić information content (AvgIpc) is 3.03. The van der Waals surface area contributed by atoms with Gasteiger partial charge in [0.15, 0.2) is 0 Å². The van der Waals surface area contributed by atoms with E-state index in [9.17, 15) is 4.79 Å². The van der Waals surface area contributed by atoms with Crippen molar-refractivity contribution >= 4 is 22.1 Å². The van der Waals surface area contributed by atoms with E-state index in [1.54, 1.807) is 17.5 Å². The molecule has 0 spiro atoms. The number of nitrogens with one attached hydrogen (secondary N) is 1. The SMILES string of the molecule is O=c1c2ccccc2cnn1CCNCCc1ccsc1. The first-order valence-electron chi connectivity index (χ1n) is 7.01. The minimum Gasteiger partial charge on any atom is -0.315 e. The molecule has 5 heteroatoms. The lowest BCUT2D eigenvalue weighted by Gasteiger charge is -2.07. The summed E-state index contributed by atoms with van der Waals surface area (Å²) in [5.74, 6) is 0. The highest BCUT2D eigenvalue weighted by molar-refractivity contribution is 7.07. The Hall–Kier alpha value is -1.98. The van der Waals surface area contributed by atoms with Crippen LogP contribution in [0.3, 0.4) is 0 Å². The van der Waals surface area contributed by atoms with Crippen LogP contribution < -0.4 is 10.9 Å². The number of hydrogen-bond acceptors (Lipinski definition) is 4. The van der Waals surface area contributed by atoms with Crippen LogP contribution in [0.15, 0.2) is 52.1 Å². The maximum atomic E-state index is 12.3. The van der Waals surface area contributed by atoms with Crippen LogP contribution in [-0.2, 0) is 13.0 Å². The standard InChI is InChI=1S/C16H17N3OS/c20-16-15-4-2-1-3-14(15)11-18-19(16)9-8-17-7-5-13-6-10-21-12-13/h1-4,6,10-12,17H,5,7-9H2. The molecule has 0 saturated heterocycles. The normalized spacial score (nSPS) is 11.0. The Labute approximate surface area is 127 Å². The van der Waals surface area contributed by atoms with E-state index in [1.165, 1.54) is 10.2 Å².